The summed E-state index contributed by atoms with van der Waals surface area (Å²) < 4.78 is 0. The average molecular weight is 277 g/mol. The van der Waals surface area contributed by atoms with Crippen LogP contribution in [0.4, 0.5) is 5.82 Å². The van der Waals surface area contributed by atoms with Crippen LogP contribution < -0.4 is 5.73 Å². The first-order valence-electron chi connectivity index (χ1n) is 5.91. The van der Waals surface area contributed by atoms with Gasteiger partial charge in [0.05, 0.1) is 17.7 Å². The Labute approximate surface area is 115 Å². The van der Waals surface area contributed by atoms with Gasteiger partial charge in [-0.3, -0.25) is 4.79 Å². The molecule has 0 saturated heterocycles. The lowest BCUT2D eigenvalue weighted by molar-refractivity contribution is -0.136. The fraction of sp³-hybridized carbons (Fsp3) is 0.308. The Balaban J connectivity index is 2.11. The van der Waals surface area contributed by atoms with E-state index < -0.39 is 5.97 Å². The highest BCUT2D eigenvalue weighted by atomic mass is 32.2. The molecule has 0 fully saturated rings. The van der Waals surface area contributed by atoms with Crippen molar-refractivity contribution in [2.75, 3.05) is 5.73 Å². The third kappa shape index (κ3) is 3.57. The largest absolute Gasteiger partial charge is 0.481 e. The lowest BCUT2D eigenvalue weighted by Crippen LogP contribution is -2.07. The first-order chi connectivity index (χ1) is 9.06. The van der Waals surface area contributed by atoms with E-state index in [1.807, 2.05) is 31.2 Å². The van der Waals surface area contributed by atoms with Crippen LogP contribution in [0.5, 0.6) is 0 Å². The Bertz CT molecular complexity index is 603. The van der Waals surface area contributed by atoms with Crippen LogP contribution in [0, 0.1) is 0 Å². The molecular weight excluding hydrogens is 262 g/mol. The molecule has 1 aromatic heterocycles. The number of thioether (sulfide) groups is 1. The standard InChI is InChI=1S/C13H15N3O2S/c1-8(6-12(17)18)19-7-11-15-10-5-3-2-4-9(10)13(14)16-11/h2-5,8H,6-7H2,1H3,(H,17,18)(H2,14,15,16). The zero-order valence-electron chi connectivity index (χ0n) is 10.5. The molecule has 1 unspecified atom stereocenters. The van der Waals surface area contributed by atoms with E-state index in [1.165, 1.54) is 11.8 Å². The molecule has 2 rings (SSSR count). The number of nitrogens with zero attached hydrogens (tertiary/aromatic N) is 2. The minimum atomic E-state index is -0.793. The molecule has 0 spiro atoms. The van der Waals surface area contributed by atoms with Crippen molar-refractivity contribution in [3.63, 3.8) is 0 Å². The lowest BCUT2D eigenvalue weighted by Gasteiger charge is -2.09. The van der Waals surface area contributed by atoms with Gasteiger partial charge in [0.2, 0.25) is 0 Å². The maximum Gasteiger partial charge on any atom is 0.304 e. The van der Waals surface area contributed by atoms with Gasteiger partial charge in [0.15, 0.2) is 0 Å². The minimum Gasteiger partial charge on any atom is -0.481 e. The maximum atomic E-state index is 10.6. The zero-order valence-corrected chi connectivity index (χ0v) is 11.4. The van der Waals surface area contributed by atoms with Gasteiger partial charge in [-0.05, 0) is 12.1 Å². The van der Waals surface area contributed by atoms with Crippen molar-refractivity contribution in [3.05, 3.63) is 30.1 Å². The number of carboxylic acid groups (broad SMARTS) is 1. The number of carbonyl (C=O) groups is 1. The quantitative estimate of drug-likeness (QED) is 0.871. The number of nitrogens with two attached hydrogens (primary N) is 1. The predicted molar refractivity (Wildman–Crippen MR) is 77.0 cm³/mol. The van der Waals surface area contributed by atoms with Crippen molar-refractivity contribution in [2.45, 2.75) is 24.3 Å². The molecule has 0 aliphatic carbocycles. The molecule has 1 aromatic carbocycles. The van der Waals surface area contributed by atoms with Crippen molar-refractivity contribution in [2.24, 2.45) is 0 Å². The molecule has 0 saturated carbocycles. The summed E-state index contributed by atoms with van der Waals surface area (Å²) in [6.07, 6.45) is 0.133. The zero-order chi connectivity index (χ0) is 13.8. The Morgan fingerprint density at radius 1 is 1.42 bits per heavy atom. The van der Waals surface area contributed by atoms with E-state index in [0.29, 0.717) is 17.4 Å². The second-order valence-electron chi connectivity index (χ2n) is 4.26. The Morgan fingerprint density at radius 2 is 2.16 bits per heavy atom. The molecule has 0 aliphatic rings. The van der Waals surface area contributed by atoms with E-state index in [4.69, 9.17) is 10.8 Å². The van der Waals surface area contributed by atoms with E-state index in [9.17, 15) is 4.79 Å². The Hall–Kier alpha value is -1.82. The van der Waals surface area contributed by atoms with Crippen molar-refractivity contribution < 1.29 is 9.90 Å². The second-order valence-corrected chi connectivity index (χ2v) is 5.69. The predicted octanol–water partition coefficient (Wildman–Crippen LogP) is 2.31. The van der Waals surface area contributed by atoms with E-state index in [0.717, 1.165) is 10.9 Å². The lowest BCUT2D eigenvalue weighted by atomic mass is 10.2. The van der Waals surface area contributed by atoms with Crippen LogP contribution in [0.2, 0.25) is 0 Å². The number of nitrogen functional groups attached to an aromatic ring is 1. The summed E-state index contributed by atoms with van der Waals surface area (Å²) in [5.74, 6) is 0.869. The summed E-state index contributed by atoms with van der Waals surface area (Å²) in [4.78, 5) is 19.3. The molecule has 2 aromatic rings. The number of hydrogen-bond donors (Lipinski definition) is 2. The van der Waals surface area contributed by atoms with Gasteiger partial charge >= 0.3 is 5.97 Å². The normalized spacial score (nSPS) is 12.5. The highest BCUT2D eigenvalue weighted by molar-refractivity contribution is 7.99. The summed E-state index contributed by atoms with van der Waals surface area (Å²) in [7, 11) is 0. The molecule has 0 aliphatic heterocycles. The van der Waals surface area contributed by atoms with Gasteiger partial charge in [-0.15, -0.1) is 0 Å². The number of aromatic nitrogens is 2. The van der Waals surface area contributed by atoms with E-state index >= 15 is 0 Å². The highest BCUT2D eigenvalue weighted by Crippen LogP contribution is 2.22. The summed E-state index contributed by atoms with van der Waals surface area (Å²) in [5, 5.41) is 9.57. The van der Waals surface area contributed by atoms with Crippen molar-refractivity contribution in [3.8, 4) is 0 Å². The summed E-state index contributed by atoms with van der Waals surface area (Å²) >= 11 is 1.51. The molecule has 5 nitrogen and oxygen atoms in total. The monoisotopic (exact) mass is 277 g/mol. The number of para-hydroxylation sites is 1. The number of hydrogen-bond acceptors (Lipinski definition) is 5. The van der Waals surface area contributed by atoms with Crippen molar-refractivity contribution in [1.82, 2.24) is 9.97 Å². The number of anilines is 1. The molecule has 100 valence electrons. The van der Waals surface area contributed by atoms with Crippen molar-refractivity contribution >= 4 is 34.5 Å². The van der Waals surface area contributed by atoms with Gasteiger partial charge in [0.25, 0.3) is 0 Å². The van der Waals surface area contributed by atoms with Gasteiger partial charge in [-0.1, -0.05) is 19.1 Å². The van der Waals surface area contributed by atoms with E-state index in [-0.39, 0.29) is 11.7 Å². The Kier molecular flexibility index (Phi) is 4.21. The molecule has 1 atom stereocenters. The van der Waals surface area contributed by atoms with Gasteiger partial charge in [0, 0.05) is 10.6 Å². The average Bonchev–Trinajstić information content (AvgIpc) is 2.36. The number of fused-ring (bicyclic) bond motifs is 1. The molecule has 1 heterocycles. The van der Waals surface area contributed by atoms with Gasteiger partial charge in [0.1, 0.15) is 11.6 Å². The summed E-state index contributed by atoms with van der Waals surface area (Å²) in [6.45, 7) is 1.88. The number of benzene rings is 1. The van der Waals surface area contributed by atoms with E-state index in [1.54, 1.807) is 0 Å². The molecule has 3 N–H and O–H groups in total. The first-order valence-corrected chi connectivity index (χ1v) is 6.95. The van der Waals surface area contributed by atoms with Crippen LogP contribution in [-0.4, -0.2) is 26.3 Å². The van der Waals surface area contributed by atoms with Crippen molar-refractivity contribution in [1.29, 1.82) is 0 Å². The maximum absolute atomic E-state index is 10.6. The fourth-order valence-corrected chi connectivity index (χ4v) is 2.56. The first kappa shape index (κ1) is 13.6. The van der Waals surface area contributed by atoms with Crippen LogP contribution >= 0.6 is 11.8 Å². The van der Waals surface area contributed by atoms with Crippen LogP contribution in [0.1, 0.15) is 19.2 Å². The number of carboxylic acids is 1. The Morgan fingerprint density at radius 3 is 2.89 bits per heavy atom. The fourth-order valence-electron chi connectivity index (χ4n) is 1.74. The molecule has 0 amide bonds. The van der Waals surface area contributed by atoms with Crippen LogP contribution in [0.15, 0.2) is 24.3 Å². The highest BCUT2D eigenvalue weighted by Gasteiger charge is 2.10. The third-order valence-corrected chi connectivity index (χ3v) is 3.80. The molecule has 6 heteroatoms. The summed E-state index contributed by atoms with van der Waals surface area (Å²) in [6, 6.07) is 7.57. The molecular formula is C13H15N3O2S. The van der Waals surface area contributed by atoms with Gasteiger partial charge < -0.3 is 10.8 Å². The molecule has 0 radical (unpaired) electrons. The van der Waals surface area contributed by atoms with Gasteiger partial charge in [-0.2, -0.15) is 11.8 Å². The smallest absolute Gasteiger partial charge is 0.304 e. The number of rotatable bonds is 5. The van der Waals surface area contributed by atoms with Crippen LogP contribution in [0.3, 0.4) is 0 Å². The molecule has 19 heavy (non-hydrogen) atoms. The number of aliphatic carboxylic acids is 1. The minimum absolute atomic E-state index is 0.0220. The van der Waals surface area contributed by atoms with Crippen LogP contribution in [-0.2, 0) is 10.5 Å². The van der Waals surface area contributed by atoms with Crippen LogP contribution in [0.25, 0.3) is 10.9 Å². The SMILES string of the molecule is CC(CC(=O)O)SCc1nc(N)c2ccccc2n1. The third-order valence-electron chi connectivity index (χ3n) is 2.64. The topological polar surface area (TPSA) is 89.1 Å². The molecule has 0 bridgehead atoms. The second kappa shape index (κ2) is 5.88. The van der Waals surface area contributed by atoms with Gasteiger partial charge in [-0.25, -0.2) is 9.97 Å². The van der Waals surface area contributed by atoms with E-state index in [2.05, 4.69) is 9.97 Å². The summed E-state index contributed by atoms with van der Waals surface area (Å²) in [5.41, 5.74) is 6.71.